The molecule has 0 atom stereocenters. The number of morpholine rings is 1. The van der Waals surface area contributed by atoms with Crippen LogP contribution >= 0.6 is 11.6 Å². The first-order chi connectivity index (χ1) is 16.5. The van der Waals surface area contributed by atoms with E-state index in [9.17, 15) is 10.1 Å². The lowest BCUT2D eigenvalue weighted by atomic mass is 10.0. The van der Waals surface area contributed by atoms with Gasteiger partial charge in [-0.2, -0.15) is 5.26 Å². The van der Waals surface area contributed by atoms with E-state index in [4.69, 9.17) is 16.3 Å². The molecule has 176 valence electrons. The van der Waals surface area contributed by atoms with Crippen molar-refractivity contribution in [2.75, 3.05) is 64.1 Å². The number of pyridine rings is 1. The van der Waals surface area contributed by atoms with Crippen LogP contribution in [0.25, 0.3) is 10.9 Å². The summed E-state index contributed by atoms with van der Waals surface area (Å²) in [5.74, 6) is -0.159. The lowest BCUT2D eigenvalue weighted by molar-refractivity contribution is 0.0398. The van der Waals surface area contributed by atoms with Gasteiger partial charge in [-0.05, 0) is 30.3 Å². The highest BCUT2D eigenvalue weighted by Crippen LogP contribution is 2.34. The Labute approximate surface area is 204 Å². The van der Waals surface area contributed by atoms with Crippen LogP contribution in [0.1, 0.15) is 15.9 Å². The zero-order valence-electron chi connectivity index (χ0n) is 19.3. The molecular weight excluding hydrogens is 452 g/mol. The summed E-state index contributed by atoms with van der Waals surface area (Å²) in [6.45, 7) is 4.89. The number of fused-ring (bicyclic) bond motifs is 1. The Bertz CT molecular complexity index is 1230. The second-order valence-electron chi connectivity index (χ2n) is 8.29. The van der Waals surface area contributed by atoms with Crippen molar-refractivity contribution in [2.24, 2.45) is 0 Å². The number of hydrogen-bond donors (Lipinski definition) is 2. The number of amides is 1. The molecule has 1 amide bonds. The smallest absolute Gasteiger partial charge is 0.255 e. The molecule has 0 spiro atoms. The van der Waals surface area contributed by atoms with Gasteiger partial charge in [-0.3, -0.25) is 14.7 Å². The highest BCUT2D eigenvalue weighted by atomic mass is 35.5. The molecule has 34 heavy (non-hydrogen) atoms. The molecule has 0 saturated carbocycles. The number of carbonyl (C=O) groups is 1. The molecule has 2 heterocycles. The van der Waals surface area contributed by atoms with Crippen molar-refractivity contribution in [1.82, 2.24) is 14.8 Å². The maximum absolute atomic E-state index is 13.0. The minimum atomic E-state index is -0.159. The summed E-state index contributed by atoms with van der Waals surface area (Å²) in [5.41, 5.74) is 3.48. The number of ether oxygens (including phenoxy) is 1. The predicted molar refractivity (Wildman–Crippen MR) is 135 cm³/mol. The van der Waals surface area contributed by atoms with Crippen LogP contribution in [-0.4, -0.2) is 74.2 Å². The third kappa shape index (κ3) is 5.39. The first kappa shape index (κ1) is 23.8. The second kappa shape index (κ2) is 10.7. The topological polar surface area (TPSA) is 93.5 Å². The standard InChI is InChI=1S/C25H27ClN6O2/c1-31(2)25(33)22-14-20(28-6-7-32-8-10-34-11-9-32)13-21-23(17(15-27)16-29-24(21)22)30-19-5-3-4-18(26)12-19/h3-5,12-14,16,28H,6-11H2,1-2H3,(H,29,30). The van der Waals surface area contributed by atoms with Gasteiger partial charge >= 0.3 is 0 Å². The van der Waals surface area contributed by atoms with Gasteiger partial charge in [0.25, 0.3) is 5.91 Å². The van der Waals surface area contributed by atoms with E-state index in [1.54, 1.807) is 26.2 Å². The monoisotopic (exact) mass is 478 g/mol. The van der Waals surface area contributed by atoms with Crippen LogP contribution in [0.4, 0.5) is 17.1 Å². The van der Waals surface area contributed by atoms with Crippen molar-refractivity contribution in [3.8, 4) is 6.07 Å². The van der Waals surface area contributed by atoms with Crippen LogP contribution in [0.3, 0.4) is 0 Å². The van der Waals surface area contributed by atoms with Crippen molar-refractivity contribution in [1.29, 1.82) is 5.26 Å². The van der Waals surface area contributed by atoms with Crippen molar-refractivity contribution in [3.05, 3.63) is 58.7 Å². The van der Waals surface area contributed by atoms with E-state index in [0.29, 0.717) is 39.3 Å². The van der Waals surface area contributed by atoms with Crippen LogP contribution in [0, 0.1) is 11.3 Å². The van der Waals surface area contributed by atoms with Crippen LogP contribution in [0.15, 0.2) is 42.6 Å². The summed E-state index contributed by atoms with van der Waals surface area (Å²) in [6, 6.07) is 13.2. The lowest BCUT2D eigenvalue weighted by Gasteiger charge is -2.26. The average Bonchev–Trinajstić information content (AvgIpc) is 2.84. The zero-order chi connectivity index (χ0) is 24.1. The first-order valence-electron chi connectivity index (χ1n) is 11.1. The molecule has 4 rings (SSSR count). The van der Waals surface area contributed by atoms with E-state index in [1.165, 1.54) is 11.1 Å². The Morgan fingerprint density at radius 2 is 2.03 bits per heavy atom. The van der Waals surface area contributed by atoms with Gasteiger partial charge < -0.3 is 20.3 Å². The Balaban J connectivity index is 1.74. The average molecular weight is 479 g/mol. The molecule has 0 radical (unpaired) electrons. The maximum atomic E-state index is 13.0. The number of hydrogen-bond acceptors (Lipinski definition) is 7. The number of aromatic nitrogens is 1. The fourth-order valence-corrected chi connectivity index (χ4v) is 4.11. The number of anilines is 3. The largest absolute Gasteiger partial charge is 0.384 e. The third-order valence-corrected chi connectivity index (χ3v) is 5.92. The van der Waals surface area contributed by atoms with E-state index in [0.717, 1.165) is 44.2 Å². The Hall–Kier alpha value is -3.38. The molecule has 9 heteroatoms. The molecule has 0 bridgehead atoms. The normalized spacial score (nSPS) is 13.9. The minimum Gasteiger partial charge on any atom is -0.384 e. The van der Waals surface area contributed by atoms with Crippen LogP contribution < -0.4 is 10.6 Å². The molecule has 1 aliphatic rings. The Morgan fingerprint density at radius 3 is 2.74 bits per heavy atom. The van der Waals surface area contributed by atoms with Gasteiger partial charge in [-0.15, -0.1) is 0 Å². The minimum absolute atomic E-state index is 0.159. The molecule has 2 N–H and O–H groups in total. The molecule has 1 aromatic heterocycles. The van der Waals surface area contributed by atoms with Crippen molar-refractivity contribution in [2.45, 2.75) is 0 Å². The van der Waals surface area contributed by atoms with Crippen molar-refractivity contribution < 1.29 is 9.53 Å². The molecule has 1 fully saturated rings. The number of nitriles is 1. The van der Waals surface area contributed by atoms with Gasteiger partial charge in [0.05, 0.1) is 35.5 Å². The lowest BCUT2D eigenvalue weighted by Crippen LogP contribution is -2.39. The quantitative estimate of drug-likeness (QED) is 0.531. The SMILES string of the molecule is CN(C)C(=O)c1cc(NCCN2CCOCC2)cc2c(Nc3cccc(Cl)c3)c(C#N)cnc12. The van der Waals surface area contributed by atoms with Crippen LogP contribution in [-0.2, 0) is 4.74 Å². The van der Waals surface area contributed by atoms with E-state index >= 15 is 0 Å². The number of nitrogens with zero attached hydrogens (tertiary/aromatic N) is 4. The molecule has 0 unspecified atom stereocenters. The molecule has 1 saturated heterocycles. The van der Waals surface area contributed by atoms with Crippen LogP contribution in [0.2, 0.25) is 5.02 Å². The number of benzene rings is 2. The van der Waals surface area contributed by atoms with Crippen molar-refractivity contribution in [3.63, 3.8) is 0 Å². The maximum Gasteiger partial charge on any atom is 0.255 e. The highest BCUT2D eigenvalue weighted by Gasteiger charge is 2.19. The van der Waals surface area contributed by atoms with Gasteiger partial charge in [-0.1, -0.05) is 17.7 Å². The second-order valence-corrected chi connectivity index (χ2v) is 8.73. The number of carbonyl (C=O) groups excluding carboxylic acids is 1. The first-order valence-corrected chi connectivity index (χ1v) is 11.5. The Morgan fingerprint density at radius 1 is 1.24 bits per heavy atom. The molecule has 3 aromatic rings. The van der Waals surface area contributed by atoms with Gasteiger partial charge in [0, 0.05) is 68.3 Å². The fraction of sp³-hybridized carbons (Fsp3) is 0.320. The van der Waals surface area contributed by atoms with Gasteiger partial charge in [0.1, 0.15) is 6.07 Å². The van der Waals surface area contributed by atoms with E-state index in [2.05, 4.69) is 26.6 Å². The van der Waals surface area contributed by atoms with Crippen LogP contribution in [0.5, 0.6) is 0 Å². The summed E-state index contributed by atoms with van der Waals surface area (Å²) >= 11 is 6.16. The molecular formula is C25H27ClN6O2. The fourth-order valence-electron chi connectivity index (χ4n) is 3.92. The zero-order valence-corrected chi connectivity index (χ0v) is 20.0. The summed E-state index contributed by atoms with van der Waals surface area (Å²) in [4.78, 5) is 21.4. The van der Waals surface area contributed by atoms with Gasteiger partial charge in [0.2, 0.25) is 0 Å². The molecule has 8 nitrogen and oxygen atoms in total. The summed E-state index contributed by atoms with van der Waals surface area (Å²) in [6.07, 6.45) is 1.49. The van der Waals surface area contributed by atoms with E-state index < -0.39 is 0 Å². The summed E-state index contributed by atoms with van der Waals surface area (Å²) in [7, 11) is 3.42. The molecule has 0 aliphatic carbocycles. The summed E-state index contributed by atoms with van der Waals surface area (Å²) < 4.78 is 5.42. The number of halogens is 1. The molecule has 1 aliphatic heterocycles. The number of rotatable bonds is 7. The molecule has 2 aromatic carbocycles. The third-order valence-electron chi connectivity index (χ3n) is 5.68. The number of nitrogens with one attached hydrogen (secondary N) is 2. The highest BCUT2D eigenvalue weighted by molar-refractivity contribution is 6.30. The van der Waals surface area contributed by atoms with E-state index in [-0.39, 0.29) is 5.91 Å². The Kier molecular flexibility index (Phi) is 7.48. The van der Waals surface area contributed by atoms with E-state index in [1.807, 2.05) is 24.3 Å². The van der Waals surface area contributed by atoms with Gasteiger partial charge in [-0.25, -0.2) is 0 Å². The van der Waals surface area contributed by atoms with Gasteiger partial charge in [0.15, 0.2) is 0 Å². The summed E-state index contributed by atoms with van der Waals surface area (Å²) in [5, 5.41) is 17.8. The predicted octanol–water partition coefficient (Wildman–Crippen LogP) is 3.95. The van der Waals surface area contributed by atoms with Crippen molar-refractivity contribution >= 4 is 45.5 Å².